The highest BCUT2D eigenvalue weighted by Crippen LogP contribution is 2.28. The second kappa shape index (κ2) is 8.24. The maximum atomic E-state index is 12.6. The summed E-state index contributed by atoms with van der Waals surface area (Å²) < 4.78 is 25.7. The zero-order valence-electron chi connectivity index (χ0n) is 16.8. The Labute approximate surface area is 171 Å². The topological polar surface area (TPSA) is 86.8 Å². The van der Waals surface area contributed by atoms with Gasteiger partial charge in [-0.2, -0.15) is 0 Å². The first-order valence-corrected chi connectivity index (χ1v) is 11.3. The van der Waals surface area contributed by atoms with Crippen LogP contribution in [0.4, 0.5) is 17.1 Å². The minimum atomic E-state index is -3.64. The summed E-state index contributed by atoms with van der Waals surface area (Å²) >= 11 is 0. The van der Waals surface area contributed by atoms with Crippen LogP contribution in [0.1, 0.15) is 24.0 Å². The van der Waals surface area contributed by atoms with Crippen LogP contribution in [0.3, 0.4) is 0 Å². The van der Waals surface area contributed by atoms with Crippen LogP contribution in [0, 0.1) is 13.8 Å². The fourth-order valence-corrected chi connectivity index (χ4v) is 4.35. The standard InChI is InChI=1S/C21H25N3O4S/c1-15-7-4-5-8-18(15)24(29(3,27)28)14-20(25)22-17-11-10-16(2)19(13-17)23-12-6-9-21(23)26/h4-5,7-8,10-11,13H,6,9,12,14H2,1-3H3,(H,22,25). The number of carbonyl (C=O) groups is 2. The van der Waals surface area contributed by atoms with Gasteiger partial charge >= 0.3 is 0 Å². The molecule has 1 aliphatic heterocycles. The maximum Gasteiger partial charge on any atom is 0.245 e. The molecule has 8 heteroatoms. The summed E-state index contributed by atoms with van der Waals surface area (Å²) in [5.41, 5.74) is 3.46. The van der Waals surface area contributed by atoms with Crippen molar-refractivity contribution in [1.29, 1.82) is 0 Å². The number of benzene rings is 2. The van der Waals surface area contributed by atoms with Gasteiger partial charge in [0.05, 0.1) is 11.9 Å². The highest BCUT2D eigenvalue weighted by atomic mass is 32.2. The second-order valence-corrected chi connectivity index (χ2v) is 9.16. The quantitative estimate of drug-likeness (QED) is 0.786. The van der Waals surface area contributed by atoms with E-state index in [0.29, 0.717) is 24.3 Å². The molecule has 2 aromatic carbocycles. The molecule has 1 saturated heterocycles. The van der Waals surface area contributed by atoms with Crippen molar-refractivity contribution in [2.24, 2.45) is 0 Å². The van der Waals surface area contributed by atoms with Crippen molar-refractivity contribution >= 4 is 38.9 Å². The van der Waals surface area contributed by atoms with Gasteiger partial charge in [0.2, 0.25) is 21.8 Å². The van der Waals surface area contributed by atoms with Gasteiger partial charge in [-0.25, -0.2) is 8.42 Å². The number of carbonyl (C=O) groups excluding carboxylic acids is 2. The van der Waals surface area contributed by atoms with Crippen molar-refractivity contribution in [3.8, 4) is 0 Å². The lowest BCUT2D eigenvalue weighted by Crippen LogP contribution is -2.37. The number of amides is 2. The molecule has 7 nitrogen and oxygen atoms in total. The molecule has 2 aromatic rings. The van der Waals surface area contributed by atoms with E-state index in [4.69, 9.17) is 0 Å². The van der Waals surface area contributed by atoms with E-state index in [-0.39, 0.29) is 12.5 Å². The largest absolute Gasteiger partial charge is 0.324 e. The molecular formula is C21H25N3O4S. The summed E-state index contributed by atoms with van der Waals surface area (Å²) in [6, 6.07) is 12.4. The zero-order valence-corrected chi connectivity index (χ0v) is 17.6. The Morgan fingerprint density at radius 1 is 1.14 bits per heavy atom. The van der Waals surface area contributed by atoms with Crippen molar-refractivity contribution in [2.75, 3.05) is 33.9 Å². The molecule has 0 aliphatic carbocycles. The third-order valence-electron chi connectivity index (χ3n) is 4.93. The lowest BCUT2D eigenvalue weighted by Gasteiger charge is -2.24. The number of para-hydroxylation sites is 1. The predicted molar refractivity (Wildman–Crippen MR) is 115 cm³/mol. The van der Waals surface area contributed by atoms with Crippen LogP contribution in [0.15, 0.2) is 42.5 Å². The Morgan fingerprint density at radius 3 is 2.48 bits per heavy atom. The molecule has 1 N–H and O–H groups in total. The number of sulfonamides is 1. The number of anilines is 3. The molecule has 0 aromatic heterocycles. The SMILES string of the molecule is Cc1ccc(NC(=O)CN(c2ccccc2C)S(C)(=O)=O)cc1N1CCCC1=O. The molecule has 0 atom stereocenters. The average Bonchev–Trinajstić information content (AvgIpc) is 3.07. The molecule has 2 amide bonds. The first-order chi connectivity index (χ1) is 13.7. The van der Waals surface area contributed by atoms with Crippen LogP contribution in [0.5, 0.6) is 0 Å². The van der Waals surface area contributed by atoms with E-state index >= 15 is 0 Å². The normalized spacial score (nSPS) is 14.2. The van der Waals surface area contributed by atoms with Gasteiger partial charge in [0.25, 0.3) is 0 Å². The van der Waals surface area contributed by atoms with Crippen molar-refractivity contribution < 1.29 is 18.0 Å². The molecule has 154 valence electrons. The summed E-state index contributed by atoms with van der Waals surface area (Å²) in [7, 11) is -3.64. The second-order valence-electron chi connectivity index (χ2n) is 7.25. The molecule has 1 heterocycles. The van der Waals surface area contributed by atoms with Gasteiger partial charge in [0.15, 0.2) is 0 Å². The summed E-state index contributed by atoms with van der Waals surface area (Å²) in [5, 5.41) is 2.76. The number of aryl methyl sites for hydroxylation is 2. The molecule has 29 heavy (non-hydrogen) atoms. The number of hydrogen-bond acceptors (Lipinski definition) is 4. The summed E-state index contributed by atoms with van der Waals surface area (Å²) in [5.74, 6) is -0.388. The number of rotatable bonds is 6. The molecule has 0 unspecified atom stereocenters. The van der Waals surface area contributed by atoms with E-state index in [9.17, 15) is 18.0 Å². The van der Waals surface area contributed by atoms with Crippen molar-refractivity contribution in [3.05, 3.63) is 53.6 Å². The molecule has 0 radical (unpaired) electrons. The Balaban J connectivity index is 1.81. The fourth-order valence-electron chi connectivity index (χ4n) is 3.44. The molecular weight excluding hydrogens is 390 g/mol. The Kier molecular flexibility index (Phi) is 5.93. The van der Waals surface area contributed by atoms with Crippen molar-refractivity contribution in [1.82, 2.24) is 0 Å². The van der Waals surface area contributed by atoms with E-state index in [1.165, 1.54) is 0 Å². The maximum absolute atomic E-state index is 12.6. The molecule has 1 fully saturated rings. The number of nitrogens with one attached hydrogen (secondary N) is 1. The van der Waals surface area contributed by atoms with Crippen molar-refractivity contribution in [2.45, 2.75) is 26.7 Å². The fraction of sp³-hybridized carbons (Fsp3) is 0.333. The lowest BCUT2D eigenvalue weighted by molar-refractivity contribution is -0.117. The predicted octanol–water partition coefficient (Wildman–Crippen LogP) is 2.83. The minimum absolute atomic E-state index is 0.0689. The average molecular weight is 416 g/mol. The van der Waals surface area contributed by atoms with Crippen molar-refractivity contribution in [3.63, 3.8) is 0 Å². The van der Waals surface area contributed by atoms with Gasteiger partial charge in [-0.05, 0) is 49.6 Å². The molecule has 0 bridgehead atoms. The van der Waals surface area contributed by atoms with Gasteiger partial charge in [-0.1, -0.05) is 24.3 Å². The molecule has 1 aliphatic rings. The van der Waals surface area contributed by atoms with Gasteiger partial charge in [0.1, 0.15) is 6.54 Å². The van der Waals surface area contributed by atoms with Crippen LogP contribution in [-0.2, 0) is 19.6 Å². The van der Waals surface area contributed by atoms with Gasteiger partial charge < -0.3 is 10.2 Å². The third-order valence-corrected chi connectivity index (χ3v) is 6.06. The van der Waals surface area contributed by atoms with Gasteiger partial charge in [-0.3, -0.25) is 13.9 Å². The summed E-state index contributed by atoms with van der Waals surface area (Å²) in [4.78, 5) is 26.4. The lowest BCUT2D eigenvalue weighted by atomic mass is 10.1. The molecule has 0 saturated carbocycles. The van der Waals surface area contributed by atoms with E-state index < -0.39 is 15.9 Å². The zero-order chi connectivity index (χ0) is 21.2. The third kappa shape index (κ3) is 4.76. The first kappa shape index (κ1) is 20.9. The Hall–Kier alpha value is -2.87. The Morgan fingerprint density at radius 2 is 1.86 bits per heavy atom. The van der Waals surface area contributed by atoms with Crippen LogP contribution in [-0.4, -0.2) is 39.6 Å². The highest BCUT2D eigenvalue weighted by Gasteiger charge is 2.24. The van der Waals surface area contributed by atoms with Gasteiger partial charge in [0, 0.05) is 24.3 Å². The van der Waals surface area contributed by atoms with E-state index in [2.05, 4.69) is 5.32 Å². The van der Waals surface area contributed by atoms with Crippen LogP contribution in [0.2, 0.25) is 0 Å². The monoisotopic (exact) mass is 415 g/mol. The first-order valence-electron chi connectivity index (χ1n) is 9.41. The van der Waals surface area contributed by atoms with Crippen LogP contribution < -0.4 is 14.5 Å². The smallest absolute Gasteiger partial charge is 0.245 e. The Bertz CT molecular complexity index is 1050. The number of hydrogen-bond donors (Lipinski definition) is 1. The highest BCUT2D eigenvalue weighted by molar-refractivity contribution is 7.92. The minimum Gasteiger partial charge on any atom is -0.324 e. The van der Waals surface area contributed by atoms with E-state index in [0.717, 1.165) is 33.8 Å². The van der Waals surface area contributed by atoms with E-state index in [1.54, 1.807) is 42.2 Å². The van der Waals surface area contributed by atoms with E-state index in [1.807, 2.05) is 19.1 Å². The summed E-state index contributed by atoms with van der Waals surface area (Å²) in [6.07, 6.45) is 2.42. The molecule has 0 spiro atoms. The molecule has 3 rings (SSSR count). The van der Waals surface area contributed by atoms with Crippen LogP contribution >= 0.6 is 0 Å². The summed E-state index contributed by atoms with van der Waals surface area (Å²) in [6.45, 7) is 4.03. The van der Waals surface area contributed by atoms with Gasteiger partial charge in [-0.15, -0.1) is 0 Å². The van der Waals surface area contributed by atoms with Crippen LogP contribution in [0.25, 0.3) is 0 Å². The number of nitrogens with zero attached hydrogens (tertiary/aromatic N) is 2.